The van der Waals surface area contributed by atoms with Crippen molar-refractivity contribution in [2.24, 2.45) is 0 Å². The first-order valence-corrected chi connectivity index (χ1v) is 5.53. The molecule has 0 unspecified atom stereocenters. The average Bonchev–Trinajstić information content (AvgIpc) is 2.68. The van der Waals surface area contributed by atoms with Crippen molar-refractivity contribution in [2.45, 2.75) is 20.4 Å². The lowest BCUT2D eigenvalue weighted by molar-refractivity contribution is 0.251. The molecule has 2 aromatic heterocycles. The van der Waals surface area contributed by atoms with Gasteiger partial charge in [0.2, 0.25) is 0 Å². The Morgan fingerprint density at radius 2 is 2.06 bits per heavy atom. The van der Waals surface area contributed by atoms with Gasteiger partial charge in [0.05, 0.1) is 5.69 Å². The quantitative estimate of drug-likeness (QED) is 0.868. The molecule has 0 atom stereocenters. The Hall–Kier alpha value is -2.37. The fraction of sp³-hybridized carbons (Fsp3) is 0.250. The van der Waals surface area contributed by atoms with Crippen LogP contribution in [0.4, 0.5) is 10.5 Å². The van der Waals surface area contributed by atoms with Gasteiger partial charge in [-0.3, -0.25) is 4.98 Å². The molecule has 0 saturated carbocycles. The molecule has 0 saturated heterocycles. The minimum absolute atomic E-state index is 0.277. The summed E-state index contributed by atoms with van der Waals surface area (Å²) in [6.07, 6.45) is 3.23. The predicted molar refractivity (Wildman–Crippen MR) is 66.1 cm³/mol. The molecule has 94 valence electrons. The van der Waals surface area contributed by atoms with Crippen LogP contribution in [0.3, 0.4) is 0 Å². The molecule has 18 heavy (non-hydrogen) atoms. The highest BCUT2D eigenvalue weighted by Crippen LogP contribution is 2.11. The summed E-state index contributed by atoms with van der Waals surface area (Å²) in [4.78, 5) is 15.5. The number of hydrogen-bond donors (Lipinski definition) is 2. The van der Waals surface area contributed by atoms with Crippen LogP contribution in [-0.2, 0) is 6.54 Å². The molecule has 2 aromatic rings. The molecule has 0 aromatic carbocycles. The van der Waals surface area contributed by atoms with Gasteiger partial charge in [-0.05, 0) is 26.0 Å². The van der Waals surface area contributed by atoms with E-state index in [1.165, 1.54) is 0 Å². The number of nitrogens with zero attached hydrogens (tertiary/aromatic N) is 2. The Kier molecular flexibility index (Phi) is 3.57. The van der Waals surface area contributed by atoms with Gasteiger partial charge < -0.3 is 15.2 Å². The van der Waals surface area contributed by atoms with E-state index in [-0.39, 0.29) is 6.03 Å². The molecule has 2 rings (SSSR count). The summed E-state index contributed by atoms with van der Waals surface area (Å²) >= 11 is 0. The number of carbonyl (C=O) groups is 1. The zero-order valence-electron chi connectivity index (χ0n) is 10.2. The van der Waals surface area contributed by atoms with Crippen molar-refractivity contribution in [3.8, 4) is 0 Å². The number of rotatable bonds is 3. The van der Waals surface area contributed by atoms with Crippen molar-refractivity contribution in [3.05, 3.63) is 41.5 Å². The number of pyridine rings is 1. The lowest BCUT2D eigenvalue weighted by Gasteiger charge is -2.06. The lowest BCUT2D eigenvalue weighted by atomic mass is 10.2. The summed E-state index contributed by atoms with van der Waals surface area (Å²) in [6, 6.07) is 3.16. The Morgan fingerprint density at radius 3 is 2.67 bits per heavy atom. The van der Waals surface area contributed by atoms with E-state index >= 15 is 0 Å². The first kappa shape index (κ1) is 12.1. The van der Waals surface area contributed by atoms with E-state index in [1.807, 2.05) is 13.8 Å². The van der Waals surface area contributed by atoms with Crippen molar-refractivity contribution in [1.29, 1.82) is 0 Å². The molecule has 0 aliphatic heterocycles. The SMILES string of the molecule is Cc1noc(C)c1CNC(=O)Nc1ccncc1. The predicted octanol–water partition coefficient (Wildman–Crippen LogP) is 2.01. The average molecular weight is 246 g/mol. The number of carbonyl (C=O) groups excluding carboxylic acids is 1. The summed E-state index contributed by atoms with van der Waals surface area (Å²) in [5, 5.41) is 9.27. The summed E-state index contributed by atoms with van der Waals surface area (Å²) in [6.45, 7) is 4.05. The van der Waals surface area contributed by atoms with Crippen LogP contribution < -0.4 is 10.6 Å². The van der Waals surface area contributed by atoms with Gasteiger partial charge in [0, 0.05) is 30.2 Å². The van der Waals surface area contributed by atoms with Crippen LogP contribution in [0.5, 0.6) is 0 Å². The van der Waals surface area contributed by atoms with Gasteiger partial charge in [-0.15, -0.1) is 0 Å². The van der Waals surface area contributed by atoms with E-state index < -0.39 is 0 Å². The van der Waals surface area contributed by atoms with Gasteiger partial charge in [0.25, 0.3) is 0 Å². The zero-order chi connectivity index (χ0) is 13.0. The van der Waals surface area contributed by atoms with Gasteiger partial charge in [-0.2, -0.15) is 0 Å². The number of nitrogens with one attached hydrogen (secondary N) is 2. The molecule has 0 fully saturated rings. The van der Waals surface area contributed by atoms with Crippen LogP contribution in [0.1, 0.15) is 17.0 Å². The van der Waals surface area contributed by atoms with Crippen molar-refractivity contribution in [1.82, 2.24) is 15.5 Å². The minimum atomic E-state index is -0.277. The molecule has 2 amide bonds. The number of amides is 2. The van der Waals surface area contributed by atoms with Gasteiger partial charge in [0.15, 0.2) is 0 Å². The highest BCUT2D eigenvalue weighted by Gasteiger charge is 2.10. The van der Waals surface area contributed by atoms with Crippen LogP contribution in [0.25, 0.3) is 0 Å². The second-order valence-electron chi connectivity index (χ2n) is 3.85. The Labute approximate surface area is 104 Å². The third-order valence-corrected chi connectivity index (χ3v) is 2.55. The van der Waals surface area contributed by atoms with E-state index in [4.69, 9.17) is 4.52 Å². The molecule has 0 aliphatic carbocycles. The van der Waals surface area contributed by atoms with Gasteiger partial charge >= 0.3 is 6.03 Å². The summed E-state index contributed by atoms with van der Waals surface area (Å²) in [5.74, 6) is 0.719. The first-order valence-electron chi connectivity index (χ1n) is 5.53. The number of hydrogen-bond acceptors (Lipinski definition) is 4. The third kappa shape index (κ3) is 2.85. The second kappa shape index (κ2) is 5.31. The monoisotopic (exact) mass is 246 g/mol. The Balaban J connectivity index is 1.89. The number of urea groups is 1. The standard InChI is InChI=1S/C12H14N4O2/c1-8-11(9(2)18-16-8)7-14-12(17)15-10-3-5-13-6-4-10/h3-6H,7H2,1-2H3,(H2,13,14,15,17). The maximum absolute atomic E-state index is 11.6. The van der Waals surface area contributed by atoms with E-state index in [2.05, 4.69) is 20.8 Å². The third-order valence-electron chi connectivity index (χ3n) is 2.55. The molecule has 6 heteroatoms. The number of anilines is 1. The topological polar surface area (TPSA) is 80.0 Å². The highest BCUT2D eigenvalue weighted by molar-refractivity contribution is 5.89. The van der Waals surface area contributed by atoms with Gasteiger partial charge in [-0.25, -0.2) is 4.79 Å². The van der Waals surface area contributed by atoms with Crippen molar-refractivity contribution < 1.29 is 9.32 Å². The van der Waals surface area contributed by atoms with Gasteiger partial charge in [-0.1, -0.05) is 5.16 Å². The normalized spacial score (nSPS) is 10.1. The molecule has 2 heterocycles. The van der Waals surface area contributed by atoms with E-state index in [1.54, 1.807) is 24.5 Å². The summed E-state index contributed by atoms with van der Waals surface area (Å²) in [5.41, 5.74) is 2.39. The van der Waals surface area contributed by atoms with Crippen molar-refractivity contribution in [2.75, 3.05) is 5.32 Å². The number of aryl methyl sites for hydroxylation is 2. The molecular formula is C12H14N4O2. The van der Waals surface area contributed by atoms with E-state index in [9.17, 15) is 4.79 Å². The summed E-state index contributed by atoms with van der Waals surface area (Å²) in [7, 11) is 0. The molecule has 0 bridgehead atoms. The van der Waals surface area contributed by atoms with Crippen molar-refractivity contribution >= 4 is 11.7 Å². The Bertz CT molecular complexity index is 517. The Morgan fingerprint density at radius 1 is 1.33 bits per heavy atom. The molecule has 6 nitrogen and oxygen atoms in total. The van der Waals surface area contributed by atoms with E-state index in [0.29, 0.717) is 12.2 Å². The fourth-order valence-electron chi connectivity index (χ4n) is 1.53. The number of aromatic nitrogens is 2. The van der Waals surface area contributed by atoms with Crippen molar-refractivity contribution in [3.63, 3.8) is 0 Å². The molecule has 0 radical (unpaired) electrons. The maximum atomic E-state index is 11.6. The maximum Gasteiger partial charge on any atom is 0.319 e. The fourth-order valence-corrected chi connectivity index (χ4v) is 1.53. The second-order valence-corrected chi connectivity index (χ2v) is 3.85. The highest BCUT2D eigenvalue weighted by atomic mass is 16.5. The van der Waals surface area contributed by atoms with Crippen LogP contribution in [0.2, 0.25) is 0 Å². The lowest BCUT2D eigenvalue weighted by Crippen LogP contribution is -2.28. The smallest absolute Gasteiger partial charge is 0.319 e. The van der Waals surface area contributed by atoms with Gasteiger partial charge in [0.1, 0.15) is 5.76 Å². The zero-order valence-corrected chi connectivity index (χ0v) is 10.2. The molecule has 0 aliphatic rings. The van der Waals surface area contributed by atoms with Crippen LogP contribution >= 0.6 is 0 Å². The minimum Gasteiger partial charge on any atom is -0.361 e. The molecule has 0 spiro atoms. The van der Waals surface area contributed by atoms with Crippen LogP contribution in [0.15, 0.2) is 29.0 Å². The van der Waals surface area contributed by atoms with Crippen LogP contribution in [0, 0.1) is 13.8 Å². The van der Waals surface area contributed by atoms with E-state index in [0.717, 1.165) is 17.0 Å². The van der Waals surface area contributed by atoms with Crippen LogP contribution in [-0.4, -0.2) is 16.2 Å². The summed E-state index contributed by atoms with van der Waals surface area (Å²) < 4.78 is 5.02. The molecule has 2 N–H and O–H groups in total. The molecular weight excluding hydrogens is 232 g/mol. The largest absolute Gasteiger partial charge is 0.361 e. The first-order chi connectivity index (χ1) is 8.66.